The molecule has 0 aliphatic carbocycles. The van der Waals surface area contributed by atoms with Gasteiger partial charge >= 0.3 is 0 Å². The van der Waals surface area contributed by atoms with Crippen LogP contribution in [0.15, 0.2) is 41.8 Å². The molecule has 1 heterocycles. The summed E-state index contributed by atoms with van der Waals surface area (Å²) in [6.45, 7) is 4.14. The predicted molar refractivity (Wildman–Crippen MR) is 87.6 cm³/mol. The third-order valence-electron chi connectivity index (χ3n) is 3.85. The van der Waals surface area contributed by atoms with Crippen LogP contribution >= 0.6 is 11.3 Å². The van der Waals surface area contributed by atoms with E-state index >= 15 is 0 Å². The molecule has 21 heavy (non-hydrogen) atoms. The average molecular weight is 303 g/mol. The molecule has 3 nitrogen and oxygen atoms in total. The highest BCUT2D eigenvalue weighted by Crippen LogP contribution is 2.28. The van der Waals surface area contributed by atoms with E-state index in [9.17, 15) is 9.90 Å². The van der Waals surface area contributed by atoms with Gasteiger partial charge < -0.3 is 10.4 Å². The van der Waals surface area contributed by atoms with Gasteiger partial charge in [0.15, 0.2) is 0 Å². The minimum Gasteiger partial charge on any atom is -0.388 e. The number of rotatable bonds is 6. The van der Waals surface area contributed by atoms with Crippen molar-refractivity contribution < 1.29 is 9.90 Å². The van der Waals surface area contributed by atoms with Crippen LogP contribution in [-0.4, -0.2) is 23.2 Å². The number of thiophene rings is 1. The van der Waals surface area contributed by atoms with E-state index in [1.807, 2.05) is 55.6 Å². The van der Waals surface area contributed by atoms with Crippen LogP contribution in [0, 0.1) is 0 Å². The first-order valence-electron chi connectivity index (χ1n) is 7.23. The Labute approximate surface area is 129 Å². The Morgan fingerprint density at radius 3 is 2.48 bits per heavy atom. The summed E-state index contributed by atoms with van der Waals surface area (Å²) < 4.78 is 0. The topological polar surface area (TPSA) is 49.3 Å². The number of hydrogen-bond acceptors (Lipinski definition) is 3. The molecule has 0 saturated carbocycles. The van der Waals surface area contributed by atoms with Gasteiger partial charge in [-0.1, -0.05) is 44.2 Å². The van der Waals surface area contributed by atoms with Gasteiger partial charge in [-0.3, -0.25) is 4.79 Å². The second-order valence-corrected chi connectivity index (χ2v) is 6.06. The van der Waals surface area contributed by atoms with E-state index in [-0.39, 0.29) is 12.5 Å². The van der Waals surface area contributed by atoms with Gasteiger partial charge in [0.2, 0.25) is 0 Å². The quantitative estimate of drug-likeness (QED) is 0.855. The highest BCUT2D eigenvalue weighted by atomic mass is 32.1. The third-order valence-corrected chi connectivity index (χ3v) is 4.76. The van der Waals surface area contributed by atoms with Crippen molar-refractivity contribution >= 4 is 17.2 Å². The van der Waals surface area contributed by atoms with Crippen molar-refractivity contribution in [2.75, 3.05) is 6.54 Å². The molecule has 0 aliphatic rings. The molecule has 2 N–H and O–H groups in total. The molecule has 0 atom stereocenters. The van der Waals surface area contributed by atoms with Crippen molar-refractivity contribution in [3.8, 4) is 11.1 Å². The summed E-state index contributed by atoms with van der Waals surface area (Å²) in [6.07, 6.45) is 1.25. The fourth-order valence-electron chi connectivity index (χ4n) is 2.16. The molecular weight excluding hydrogens is 282 g/mol. The van der Waals surface area contributed by atoms with Crippen molar-refractivity contribution in [1.29, 1.82) is 0 Å². The molecule has 1 aromatic carbocycles. The summed E-state index contributed by atoms with van der Waals surface area (Å²) >= 11 is 1.42. The summed E-state index contributed by atoms with van der Waals surface area (Å²) in [5, 5.41) is 15.0. The van der Waals surface area contributed by atoms with E-state index in [2.05, 4.69) is 5.32 Å². The first-order valence-corrected chi connectivity index (χ1v) is 8.11. The highest BCUT2D eigenvalue weighted by molar-refractivity contribution is 7.12. The molecule has 2 rings (SSSR count). The monoisotopic (exact) mass is 303 g/mol. The van der Waals surface area contributed by atoms with E-state index in [1.54, 1.807) is 0 Å². The van der Waals surface area contributed by atoms with Crippen LogP contribution < -0.4 is 5.32 Å². The molecule has 0 saturated heterocycles. The van der Waals surface area contributed by atoms with Crippen molar-refractivity contribution in [3.05, 3.63) is 46.7 Å². The van der Waals surface area contributed by atoms with E-state index in [0.29, 0.717) is 17.7 Å². The lowest BCUT2D eigenvalue weighted by Gasteiger charge is -2.25. The second-order valence-electron chi connectivity index (χ2n) is 5.14. The summed E-state index contributed by atoms with van der Waals surface area (Å²) in [5.41, 5.74) is 1.15. The van der Waals surface area contributed by atoms with Gasteiger partial charge in [0.1, 0.15) is 0 Å². The highest BCUT2D eigenvalue weighted by Gasteiger charge is 2.24. The van der Waals surface area contributed by atoms with Crippen LogP contribution in [0.3, 0.4) is 0 Å². The standard InChI is InChI=1S/C17H21NO2S/c1-3-17(20,4-2)12-18-16(19)15-14(10-11-21-15)13-8-6-5-7-9-13/h5-11,20H,3-4,12H2,1-2H3,(H,18,19). The number of amides is 1. The Morgan fingerprint density at radius 1 is 1.19 bits per heavy atom. The summed E-state index contributed by atoms with van der Waals surface area (Å²) in [6, 6.07) is 11.8. The van der Waals surface area contributed by atoms with Crippen LogP contribution in [0.25, 0.3) is 11.1 Å². The Bertz CT molecular complexity index is 588. The third kappa shape index (κ3) is 3.71. The van der Waals surface area contributed by atoms with Crippen molar-refractivity contribution in [1.82, 2.24) is 5.32 Å². The van der Waals surface area contributed by atoms with Crippen molar-refractivity contribution in [2.24, 2.45) is 0 Å². The minimum atomic E-state index is -0.820. The number of benzene rings is 1. The Kier molecular flexibility index (Phi) is 5.15. The van der Waals surface area contributed by atoms with Crippen molar-refractivity contribution in [3.63, 3.8) is 0 Å². The number of hydrogen-bond donors (Lipinski definition) is 2. The van der Waals surface area contributed by atoms with Crippen LogP contribution in [0.5, 0.6) is 0 Å². The Hall–Kier alpha value is -1.65. The van der Waals surface area contributed by atoms with E-state index < -0.39 is 5.60 Å². The van der Waals surface area contributed by atoms with E-state index in [1.165, 1.54) is 11.3 Å². The number of carbonyl (C=O) groups is 1. The molecule has 2 aromatic rings. The molecule has 0 radical (unpaired) electrons. The number of nitrogens with one attached hydrogen (secondary N) is 1. The second kappa shape index (κ2) is 6.87. The summed E-state index contributed by atoms with van der Waals surface area (Å²) in [4.78, 5) is 13.1. The lowest BCUT2D eigenvalue weighted by molar-refractivity contribution is 0.0314. The smallest absolute Gasteiger partial charge is 0.262 e. The first-order chi connectivity index (χ1) is 10.1. The maximum atomic E-state index is 12.4. The molecule has 1 aromatic heterocycles. The largest absolute Gasteiger partial charge is 0.388 e. The fourth-order valence-corrected chi connectivity index (χ4v) is 2.99. The van der Waals surface area contributed by atoms with Gasteiger partial charge in [0, 0.05) is 12.1 Å². The molecule has 0 fully saturated rings. The number of aliphatic hydroxyl groups is 1. The van der Waals surface area contributed by atoms with Gasteiger partial charge in [-0.2, -0.15) is 0 Å². The maximum Gasteiger partial charge on any atom is 0.262 e. The lowest BCUT2D eigenvalue weighted by atomic mass is 9.97. The molecule has 112 valence electrons. The van der Waals surface area contributed by atoms with E-state index in [4.69, 9.17) is 0 Å². The summed E-state index contributed by atoms with van der Waals surface area (Å²) in [7, 11) is 0. The van der Waals surface area contributed by atoms with E-state index in [0.717, 1.165) is 11.1 Å². The fraction of sp³-hybridized carbons (Fsp3) is 0.353. The lowest BCUT2D eigenvalue weighted by Crippen LogP contribution is -2.41. The van der Waals surface area contributed by atoms with Crippen LogP contribution in [0.2, 0.25) is 0 Å². The molecule has 1 amide bonds. The SMILES string of the molecule is CCC(O)(CC)CNC(=O)c1sccc1-c1ccccc1. The molecule has 4 heteroatoms. The summed E-state index contributed by atoms with van der Waals surface area (Å²) in [5.74, 6) is -0.121. The molecule has 0 spiro atoms. The van der Waals surface area contributed by atoms with Gasteiger partial charge in [-0.15, -0.1) is 11.3 Å². The zero-order valence-corrected chi connectivity index (χ0v) is 13.2. The molecular formula is C17H21NO2S. The first kappa shape index (κ1) is 15.7. The van der Waals surface area contributed by atoms with Crippen LogP contribution in [0.1, 0.15) is 36.4 Å². The Morgan fingerprint density at radius 2 is 1.86 bits per heavy atom. The van der Waals surface area contributed by atoms with Crippen molar-refractivity contribution in [2.45, 2.75) is 32.3 Å². The molecule has 0 unspecified atom stereocenters. The predicted octanol–water partition coefficient (Wildman–Crippen LogP) is 3.70. The van der Waals surface area contributed by atoms with Crippen LogP contribution in [0.4, 0.5) is 0 Å². The maximum absolute atomic E-state index is 12.4. The zero-order valence-electron chi connectivity index (χ0n) is 12.4. The van der Waals surface area contributed by atoms with Crippen LogP contribution in [-0.2, 0) is 0 Å². The zero-order chi connectivity index (χ0) is 15.3. The molecule has 0 aliphatic heterocycles. The molecule has 0 bridgehead atoms. The normalized spacial score (nSPS) is 11.4. The Balaban J connectivity index is 2.13. The minimum absolute atomic E-state index is 0.121. The van der Waals surface area contributed by atoms with Gasteiger partial charge in [0.25, 0.3) is 5.91 Å². The van der Waals surface area contributed by atoms with Gasteiger partial charge in [-0.05, 0) is 29.9 Å². The number of carbonyl (C=O) groups excluding carboxylic acids is 1. The van der Waals surface area contributed by atoms with Gasteiger partial charge in [-0.25, -0.2) is 0 Å². The van der Waals surface area contributed by atoms with Gasteiger partial charge in [0.05, 0.1) is 10.5 Å². The average Bonchev–Trinajstić information content (AvgIpc) is 3.03.